The van der Waals surface area contributed by atoms with Crippen molar-refractivity contribution >= 4 is 21.6 Å². The second-order valence-corrected chi connectivity index (χ2v) is 8.21. The normalized spacial score (nSPS) is 11.4. The number of nitrogens with zero attached hydrogens (tertiary/aromatic N) is 1. The van der Waals surface area contributed by atoms with Crippen LogP contribution in [-0.4, -0.2) is 60.2 Å². The van der Waals surface area contributed by atoms with E-state index in [4.69, 9.17) is 14.2 Å². The van der Waals surface area contributed by atoms with Crippen LogP contribution in [0.3, 0.4) is 0 Å². The van der Waals surface area contributed by atoms with Gasteiger partial charge in [-0.3, -0.25) is 4.79 Å². The summed E-state index contributed by atoms with van der Waals surface area (Å²) in [6.07, 6.45) is 0. The van der Waals surface area contributed by atoms with Crippen molar-refractivity contribution in [2.24, 2.45) is 0 Å². The number of carbonyl (C=O) groups is 1. The van der Waals surface area contributed by atoms with Gasteiger partial charge in [0, 0.05) is 38.5 Å². The molecule has 0 unspecified atom stereocenters. The highest BCUT2D eigenvalue weighted by molar-refractivity contribution is 7.89. The number of anilines is 1. The van der Waals surface area contributed by atoms with Crippen molar-refractivity contribution in [3.63, 3.8) is 0 Å². The molecule has 0 bridgehead atoms. The second kappa shape index (κ2) is 9.68. The first kappa shape index (κ1) is 22.6. The minimum atomic E-state index is -3.83. The van der Waals surface area contributed by atoms with E-state index in [-0.39, 0.29) is 34.3 Å². The van der Waals surface area contributed by atoms with Gasteiger partial charge in [0.15, 0.2) is 11.6 Å². The number of rotatable bonds is 9. The summed E-state index contributed by atoms with van der Waals surface area (Å²) in [7, 11) is 1.76. The van der Waals surface area contributed by atoms with Gasteiger partial charge in [-0.05, 0) is 30.3 Å². The van der Waals surface area contributed by atoms with Crippen LogP contribution in [0.4, 0.5) is 10.1 Å². The van der Waals surface area contributed by atoms with Crippen LogP contribution < -0.4 is 14.8 Å². The number of nitrogens with one attached hydrogen (secondary N) is 1. The number of amides is 1. The second-order valence-electron chi connectivity index (χ2n) is 6.09. The summed E-state index contributed by atoms with van der Waals surface area (Å²) in [6, 6.07) is 7.99. The molecule has 158 valence electrons. The molecule has 10 heteroatoms. The van der Waals surface area contributed by atoms with E-state index in [0.29, 0.717) is 6.61 Å². The molecule has 2 aromatic carbocycles. The molecular weight excluding hydrogens is 403 g/mol. The molecule has 0 aliphatic carbocycles. The fraction of sp³-hybridized carbons (Fsp3) is 0.316. The molecule has 0 aromatic heterocycles. The number of carbonyl (C=O) groups excluding carboxylic acids is 1. The van der Waals surface area contributed by atoms with E-state index >= 15 is 0 Å². The summed E-state index contributed by atoms with van der Waals surface area (Å²) in [5.74, 6) is -1.11. The molecule has 0 radical (unpaired) electrons. The molecule has 0 atom stereocenters. The number of methoxy groups -OCH3 is 2. The standard InChI is InChI=1S/C19H23FN2O6S/c1-22(2)29(24,25)18-11-13(5-7-17(18)27-4)19(23)21-14-6-8-16(15(20)12-14)28-10-9-26-3/h5-8,11-12H,9-10H2,1-4H3,(H,21,23). The van der Waals surface area contributed by atoms with Gasteiger partial charge in [-0.1, -0.05) is 0 Å². The Morgan fingerprint density at radius 3 is 2.34 bits per heavy atom. The third-order valence-electron chi connectivity index (χ3n) is 3.92. The van der Waals surface area contributed by atoms with Crippen molar-refractivity contribution in [3.05, 3.63) is 47.8 Å². The van der Waals surface area contributed by atoms with Crippen molar-refractivity contribution in [3.8, 4) is 11.5 Å². The maximum atomic E-state index is 14.1. The first-order valence-corrected chi connectivity index (χ1v) is 9.98. The third kappa shape index (κ3) is 5.43. The molecular formula is C19H23FN2O6S. The lowest BCUT2D eigenvalue weighted by molar-refractivity contribution is 0.102. The van der Waals surface area contributed by atoms with Gasteiger partial charge in [0.05, 0.1) is 13.7 Å². The first-order chi connectivity index (χ1) is 13.7. The molecule has 29 heavy (non-hydrogen) atoms. The highest BCUT2D eigenvalue weighted by Gasteiger charge is 2.24. The zero-order valence-corrected chi connectivity index (χ0v) is 17.4. The van der Waals surface area contributed by atoms with E-state index in [0.717, 1.165) is 10.4 Å². The lowest BCUT2D eigenvalue weighted by atomic mass is 10.2. The molecule has 0 saturated carbocycles. The molecule has 1 N–H and O–H groups in total. The van der Waals surface area contributed by atoms with Gasteiger partial charge in [0.25, 0.3) is 5.91 Å². The molecule has 0 aliphatic heterocycles. The van der Waals surface area contributed by atoms with Gasteiger partial charge in [-0.2, -0.15) is 0 Å². The van der Waals surface area contributed by atoms with Crippen molar-refractivity contribution in [2.45, 2.75) is 4.90 Å². The number of halogens is 1. The Balaban J connectivity index is 2.24. The minimum absolute atomic E-state index is 0.0314. The topological polar surface area (TPSA) is 94.2 Å². The summed E-state index contributed by atoms with van der Waals surface area (Å²) in [5.41, 5.74) is 0.270. The molecule has 0 saturated heterocycles. The smallest absolute Gasteiger partial charge is 0.255 e. The number of sulfonamides is 1. The van der Waals surface area contributed by atoms with E-state index in [9.17, 15) is 17.6 Å². The average molecular weight is 426 g/mol. The summed E-state index contributed by atoms with van der Waals surface area (Å²) in [5, 5.41) is 2.53. The monoisotopic (exact) mass is 426 g/mol. The van der Waals surface area contributed by atoms with E-state index < -0.39 is 21.7 Å². The number of ether oxygens (including phenoxy) is 3. The maximum absolute atomic E-state index is 14.1. The quantitative estimate of drug-likeness (QED) is 0.619. The van der Waals surface area contributed by atoms with Crippen LogP contribution in [0.25, 0.3) is 0 Å². The highest BCUT2D eigenvalue weighted by Crippen LogP contribution is 2.27. The largest absolute Gasteiger partial charge is 0.495 e. The SMILES string of the molecule is COCCOc1ccc(NC(=O)c2ccc(OC)c(S(=O)(=O)N(C)C)c2)cc1F. The summed E-state index contributed by atoms with van der Waals surface area (Å²) in [4.78, 5) is 12.4. The molecule has 8 nitrogen and oxygen atoms in total. The van der Waals surface area contributed by atoms with Crippen molar-refractivity contribution in [2.75, 3.05) is 46.8 Å². The lowest BCUT2D eigenvalue weighted by Crippen LogP contribution is -2.23. The Morgan fingerprint density at radius 1 is 1.07 bits per heavy atom. The first-order valence-electron chi connectivity index (χ1n) is 8.54. The van der Waals surface area contributed by atoms with Crippen molar-refractivity contribution in [1.82, 2.24) is 4.31 Å². The molecule has 0 heterocycles. The zero-order valence-electron chi connectivity index (χ0n) is 16.6. The van der Waals surface area contributed by atoms with Crippen LogP contribution in [0.5, 0.6) is 11.5 Å². The van der Waals surface area contributed by atoms with Crippen LogP contribution in [0.1, 0.15) is 10.4 Å². The lowest BCUT2D eigenvalue weighted by Gasteiger charge is -2.15. The van der Waals surface area contributed by atoms with Crippen LogP contribution in [-0.2, 0) is 14.8 Å². The molecule has 0 spiro atoms. The van der Waals surface area contributed by atoms with Gasteiger partial charge in [-0.15, -0.1) is 0 Å². The van der Waals surface area contributed by atoms with Crippen LogP contribution >= 0.6 is 0 Å². The molecule has 2 rings (SSSR count). The number of benzene rings is 2. The van der Waals surface area contributed by atoms with Gasteiger partial charge in [0.1, 0.15) is 17.3 Å². The van der Waals surface area contributed by atoms with Crippen molar-refractivity contribution in [1.29, 1.82) is 0 Å². The fourth-order valence-corrected chi connectivity index (χ4v) is 3.42. The van der Waals surface area contributed by atoms with E-state index in [1.807, 2.05) is 0 Å². The van der Waals surface area contributed by atoms with Crippen LogP contribution in [0.2, 0.25) is 0 Å². The highest BCUT2D eigenvalue weighted by atomic mass is 32.2. The average Bonchev–Trinajstić information content (AvgIpc) is 2.69. The minimum Gasteiger partial charge on any atom is -0.495 e. The summed E-state index contributed by atoms with van der Waals surface area (Å²) < 4.78 is 55.2. The van der Waals surface area contributed by atoms with Crippen LogP contribution in [0.15, 0.2) is 41.3 Å². The fourth-order valence-electron chi connectivity index (χ4n) is 2.35. The third-order valence-corrected chi connectivity index (χ3v) is 5.76. The zero-order chi connectivity index (χ0) is 21.6. The Hall–Kier alpha value is -2.69. The Morgan fingerprint density at radius 2 is 1.76 bits per heavy atom. The Labute approximate surface area is 169 Å². The number of hydrogen-bond acceptors (Lipinski definition) is 6. The molecule has 0 aliphatic rings. The summed E-state index contributed by atoms with van der Waals surface area (Å²) >= 11 is 0. The Bertz CT molecular complexity index is 979. The van der Waals surface area contributed by atoms with Crippen molar-refractivity contribution < 1.29 is 31.8 Å². The van der Waals surface area contributed by atoms with Gasteiger partial charge in [0.2, 0.25) is 10.0 Å². The van der Waals surface area contributed by atoms with E-state index in [1.165, 1.54) is 58.6 Å². The molecule has 1 amide bonds. The molecule has 0 fully saturated rings. The predicted octanol–water partition coefficient (Wildman–Crippen LogP) is 2.36. The maximum Gasteiger partial charge on any atom is 0.255 e. The van der Waals surface area contributed by atoms with Gasteiger partial charge in [-0.25, -0.2) is 17.1 Å². The van der Waals surface area contributed by atoms with E-state index in [2.05, 4.69) is 5.32 Å². The predicted molar refractivity (Wildman–Crippen MR) is 106 cm³/mol. The molecule has 2 aromatic rings. The van der Waals surface area contributed by atoms with E-state index in [1.54, 1.807) is 0 Å². The van der Waals surface area contributed by atoms with Gasteiger partial charge < -0.3 is 19.5 Å². The summed E-state index contributed by atoms with van der Waals surface area (Å²) in [6.45, 7) is 0.502. The number of hydrogen-bond donors (Lipinski definition) is 1. The van der Waals surface area contributed by atoms with Gasteiger partial charge >= 0.3 is 0 Å². The Kier molecular flexibility index (Phi) is 7.54. The van der Waals surface area contributed by atoms with Crippen LogP contribution in [0, 0.1) is 5.82 Å².